The highest BCUT2D eigenvalue weighted by Crippen LogP contribution is 2.45. The lowest BCUT2D eigenvalue weighted by Crippen LogP contribution is -2.47. The Kier molecular flexibility index (Phi) is 6.71. The lowest BCUT2D eigenvalue weighted by molar-refractivity contribution is -0.136. The second-order valence-electron chi connectivity index (χ2n) is 8.37. The Morgan fingerprint density at radius 2 is 1.84 bits per heavy atom. The Morgan fingerprint density at radius 1 is 1.16 bits per heavy atom. The molecule has 1 fully saturated rings. The molecule has 0 N–H and O–H groups in total. The van der Waals surface area contributed by atoms with Gasteiger partial charge in [0.15, 0.2) is 5.17 Å². The van der Waals surface area contributed by atoms with E-state index in [0.29, 0.717) is 12.0 Å². The number of thioether (sulfide) groups is 1. The summed E-state index contributed by atoms with van der Waals surface area (Å²) in [6.45, 7) is 7.29. The Bertz CT molecular complexity index is 991. The van der Waals surface area contributed by atoms with Gasteiger partial charge in [-0.05, 0) is 31.4 Å². The van der Waals surface area contributed by atoms with Crippen LogP contribution in [0.2, 0.25) is 0 Å². The zero-order valence-electron chi connectivity index (χ0n) is 19.1. The van der Waals surface area contributed by atoms with Crippen molar-refractivity contribution < 1.29 is 14.3 Å². The Balaban J connectivity index is 1.68. The van der Waals surface area contributed by atoms with Crippen molar-refractivity contribution in [1.29, 1.82) is 0 Å². The Hall–Kier alpha value is -2.58. The van der Waals surface area contributed by atoms with Crippen molar-refractivity contribution in [2.24, 2.45) is 4.99 Å². The van der Waals surface area contributed by atoms with Gasteiger partial charge in [-0.2, -0.15) is 0 Å². The lowest BCUT2D eigenvalue weighted by Gasteiger charge is -2.37. The minimum Gasteiger partial charge on any atom is -0.466 e. The van der Waals surface area contributed by atoms with Crippen LogP contribution < -0.4 is 0 Å². The zero-order valence-corrected chi connectivity index (χ0v) is 19.9. The number of nitrogens with zero attached hydrogens (tertiary/aromatic N) is 4. The van der Waals surface area contributed by atoms with Crippen LogP contribution in [0.3, 0.4) is 0 Å². The fraction of sp³-hybridized carbons (Fsp3) is 0.458. The summed E-state index contributed by atoms with van der Waals surface area (Å²) in [5.74, 6) is -0.268. The molecule has 4 rings (SSSR count). The summed E-state index contributed by atoms with van der Waals surface area (Å²) in [6.07, 6.45) is 0.911. The first-order valence-electron chi connectivity index (χ1n) is 11.0. The van der Waals surface area contributed by atoms with Gasteiger partial charge in [0.2, 0.25) is 5.91 Å². The van der Waals surface area contributed by atoms with Crippen molar-refractivity contribution in [3.63, 3.8) is 0 Å². The number of methoxy groups -OCH3 is 1. The van der Waals surface area contributed by atoms with Crippen LogP contribution in [0, 0.1) is 6.92 Å². The molecule has 0 aromatic heterocycles. The van der Waals surface area contributed by atoms with Gasteiger partial charge >= 0.3 is 5.97 Å². The minimum absolute atomic E-state index is 0.110. The number of benzene rings is 1. The van der Waals surface area contributed by atoms with E-state index in [0.717, 1.165) is 53.9 Å². The van der Waals surface area contributed by atoms with E-state index in [2.05, 4.69) is 16.8 Å². The lowest BCUT2D eigenvalue weighted by atomic mass is 9.92. The quantitative estimate of drug-likeness (QED) is 0.636. The number of likely N-dealkylation sites (N-methyl/N-ethyl adjacent to an activating group) is 1. The molecule has 7 nitrogen and oxygen atoms in total. The van der Waals surface area contributed by atoms with Gasteiger partial charge in [0.25, 0.3) is 0 Å². The van der Waals surface area contributed by atoms with Gasteiger partial charge in [0.05, 0.1) is 30.8 Å². The van der Waals surface area contributed by atoms with E-state index in [9.17, 15) is 9.59 Å². The number of rotatable bonds is 5. The fourth-order valence-corrected chi connectivity index (χ4v) is 5.24. The smallest absolute Gasteiger partial charge is 0.338 e. The number of aryl methyl sites for hydroxylation is 1. The average Bonchev–Trinajstić information content (AvgIpc) is 3.20. The summed E-state index contributed by atoms with van der Waals surface area (Å²) >= 11 is 1.51. The highest BCUT2D eigenvalue weighted by Gasteiger charge is 2.41. The highest BCUT2D eigenvalue weighted by atomic mass is 32.2. The van der Waals surface area contributed by atoms with Gasteiger partial charge < -0.3 is 19.4 Å². The summed E-state index contributed by atoms with van der Waals surface area (Å²) in [5, 5.41) is 2.81. The van der Waals surface area contributed by atoms with Gasteiger partial charge in [0, 0.05) is 31.9 Å². The summed E-state index contributed by atoms with van der Waals surface area (Å²) < 4.78 is 5.17. The largest absolute Gasteiger partial charge is 0.466 e. The molecule has 1 amide bonds. The molecule has 3 aliphatic rings. The first kappa shape index (κ1) is 22.6. The van der Waals surface area contributed by atoms with Crippen LogP contribution in [-0.2, 0) is 14.3 Å². The first-order valence-corrected chi connectivity index (χ1v) is 11.9. The van der Waals surface area contributed by atoms with Crippen LogP contribution in [0.4, 0.5) is 0 Å². The monoisotopic (exact) mass is 454 g/mol. The van der Waals surface area contributed by atoms with Gasteiger partial charge in [-0.1, -0.05) is 48.5 Å². The van der Waals surface area contributed by atoms with Crippen LogP contribution in [0.5, 0.6) is 0 Å². The maximum atomic E-state index is 13.1. The van der Waals surface area contributed by atoms with Gasteiger partial charge in [-0.3, -0.25) is 4.79 Å². The molecule has 1 saturated heterocycles. The van der Waals surface area contributed by atoms with Crippen LogP contribution in [0.25, 0.3) is 0 Å². The summed E-state index contributed by atoms with van der Waals surface area (Å²) in [4.78, 5) is 37.0. The van der Waals surface area contributed by atoms with Gasteiger partial charge in [-0.15, -0.1) is 0 Å². The number of allylic oxidation sites excluding steroid dienone is 1. The van der Waals surface area contributed by atoms with Crippen molar-refractivity contribution in [2.75, 3.05) is 40.3 Å². The van der Waals surface area contributed by atoms with E-state index in [1.54, 1.807) is 0 Å². The van der Waals surface area contributed by atoms with Crippen LogP contribution in [0.15, 0.2) is 51.6 Å². The summed E-state index contributed by atoms with van der Waals surface area (Å²) in [6, 6.07) is 7.81. The van der Waals surface area contributed by atoms with E-state index in [1.165, 1.54) is 18.9 Å². The molecule has 0 unspecified atom stereocenters. The van der Waals surface area contributed by atoms with Crippen LogP contribution >= 0.6 is 11.8 Å². The second kappa shape index (κ2) is 9.50. The summed E-state index contributed by atoms with van der Waals surface area (Å²) in [7, 11) is 3.48. The molecule has 0 radical (unpaired) electrons. The molecule has 3 heterocycles. The molecule has 0 bridgehead atoms. The van der Waals surface area contributed by atoms with Crippen molar-refractivity contribution in [1.82, 2.24) is 14.7 Å². The molecule has 1 aromatic carbocycles. The van der Waals surface area contributed by atoms with E-state index in [-0.39, 0.29) is 24.3 Å². The third kappa shape index (κ3) is 4.34. The minimum atomic E-state index is -0.378. The van der Waals surface area contributed by atoms with Crippen molar-refractivity contribution >= 4 is 28.8 Å². The molecule has 3 aliphatic heterocycles. The maximum absolute atomic E-state index is 13.1. The SMILES string of the molecule is CCC1=C(C(=O)OC)[C@H](c2ccc(C)cc2)N2C(CC(=O)N3CCN(C)CC3)=CSC2=N1. The molecule has 1 atom stereocenters. The number of aliphatic imine (C=N–C) groups is 1. The van der Waals surface area contributed by atoms with Crippen LogP contribution in [-0.4, -0.2) is 72.1 Å². The molecular formula is C24H30N4O3S. The molecule has 0 aliphatic carbocycles. The number of esters is 1. The fourth-order valence-electron chi connectivity index (χ4n) is 4.30. The molecule has 1 aromatic rings. The number of carbonyl (C=O) groups excluding carboxylic acids is 2. The van der Waals surface area contributed by atoms with Crippen molar-refractivity contribution in [3.05, 3.63) is 57.8 Å². The number of fused-ring (bicyclic) bond motifs is 1. The number of amides is 1. The number of piperazine rings is 1. The van der Waals surface area contributed by atoms with Crippen LogP contribution in [0.1, 0.15) is 36.9 Å². The molecule has 0 spiro atoms. The third-order valence-electron chi connectivity index (χ3n) is 6.21. The van der Waals surface area contributed by atoms with E-state index < -0.39 is 0 Å². The number of amidine groups is 1. The van der Waals surface area contributed by atoms with E-state index in [4.69, 9.17) is 9.73 Å². The molecule has 0 saturated carbocycles. The van der Waals surface area contributed by atoms with Gasteiger partial charge in [0.1, 0.15) is 0 Å². The predicted octanol–water partition coefficient (Wildman–Crippen LogP) is 3.30. The zero-order chi connectivity index (χ0) is 22.8. The topological polar surface area (TPSA) is 65.5 Å². The highest BCUT2D eigenvalue weighted by molar-refractivity contribution is 8.16. The Labute approximate surface area is 193 Å². The number of ether oxygens (including phenoxy) is 1. The maximum Gasteiger partial charge on any atom is 0.338 e. The van der Waals surface area contributed by atoms with E-state index >= 15 is 0 Å². The standard InChI is InChI=1S/C24H30N4O3S/c1-5-19-21(23(30)31-4)22(17-8-6-16(2)7-9-17)28-18(15-32-24(28)25-19)14-20(29)27-12-10-26(3)11-13-27/h6-9,15,22H,5,10-14H2,1-4H3/t22-/m0/s1. The van der Waals surface area contributed by atoms with E-state index in [1.807, 2.05) is 48.4 Å². The summed E-state index contributed by atoms with van der Waals surface area (Å²) in [5.41, 5.74) is 4.29. The van der Waals surface area contributed by atoms with Gasteiger partial charge in [-0.25, -0.2) is 9.79 Å². The average molecular weight is 455 g/mol. The Morgan fingerprint density at radius 3 is 2.47 bits per heavy atom. The number of carbonyl (C=O) groups is 2. The molecule has 8 heteroatoms. The second-order valence-corrected chi connectivity index (χ2v) is 9.21. The number of hydrogen-bond acceptors (Lipinski definition) is 7. The molecule has 32 heavy (non-hydrogen) atoms. The third-order valence-corrected chi connectivity index (χ3v) is 7.10. The van der Waals surface area contributed by atoms with Crippen molar-refractivity contribution in [2.45, 2.75) is 32.7 Å². The normalized spacial score (nSPS) is 21.3. The number of hydrogen-bond donors (Lipinski definition) is 0. The molecular weight excluding hydrogens is 424 g/mol. The molecule has 170 valence electrons. The predicted molar refractivity (Wildman–Crippen MR) is 127 cm³/mol. The first-order chi connectivity index (χ1) is 15.4. The van der Waals surface area contributed by atoms with Crippen molar-refractivity contribution in [3.8, 4) is 0 Å².